The maximum Gasteiger partial charge on any atom is 0.376 e. The van der Waals surface area contributed by atoms with E-state index in [1.165, 1.54) is 25.7 Å². The molecule has 4 nitrogen and oxygen atoms in total. The van der Waals surface area contributed by atoms with Crippen molar-refractivity contribution in [2.24, 2.45) is 5.92 Å². The van der Waals surface area contributed by atoms with Gasteiger partial charge in [-0.25, -0.2) is 9.78 Å². The molecule has 0 radical (unpaired) electrons. The molecule has 4 heteroatoms. The molecule has 0 N–H and O–H groups in total. The number of rotatable bonds is 4. The first-order valence-corrected chi connectivity index (χ1v) is 6.34. The van der Waals surface area contributed by atoms with Crippen LogP contribution in [-0.2, 0) is 11.2 Å². The third-order valence-electron chi connectivity index (χ3n) is 3.24. The highest BCUT2D eigenvalue weighted by atomic mass is 16.5. The zero-order valence-corrected chi connectivity index (χ0v) is 10.5. The highest BCUT2D eigenvalue weighted by Crippen LogP contribution is 2.28. The second kappa shape index (κ2) is 5.34. The van der Waals surface area contributed by atoms with Crippen molar-refractivity contribution >= 4 is 5.97 Å². The van der Waals surface area contributed by atoms with Crippen molar-refractivity contribution in [1.82, 2.24) is 4.98 Å². The summed E-state index contributed by atoms with van der Waals surface area (Å²) in [5.41, 5.74) is 0.636. The summed E-state index contributed by atoms with van der Waals surface area (Å²) in [6.45, 7) is 3.92. The maximum atomic E-state index is 11.6. The van der Waals surface area contributed by atoms with E-state index in [0.29, 0.717) is 24.1 Å². The minimum atomic E-state index is -0.407. The van der Waals surface area contributed by atoms with E-state index in [2.05, 4.69) is 4.98 Å². The van der Waals surface area contributed by atoms with Gasteiger partial charge in [-0.2, -0.15) is 0 Å². The average Bonchev–Trinajstić information content (AvgIpc) is 2.89. The number of ether oxygens (including phenoxy) is 1. The molecule has 1 saturated carbocycles. The van der Waals surface area contributed by atoms with Gasteiger partial charge in [-0.3, -0.25) is 0 Å². The fourth-order valence-corrected chi connectivity index (χ4v) is 2.39. The molecule has 94 valence electrons. The molecule has 0 spiro atoms. The number of aryl methyl sites for hydroxylation is 1. The smallest absolute Gasteiger partial charge is 0.376 e. The van der Waals surface area contributed by atoms with E-state index in [9.17, 15) is 4.79 Å². The molecule has 1 heterocycles. The van der Waals surface area contributed by atoms with Crippen LogP contribution in [0.2, 0.25) is 0 Å². The van der Waals surface area contributed by atoms with Gasteiger partial charge in [0.2, 0.25) is 5.76 Å². The molecule has 0 amide bonds. The van der Waals surface area contributed by atoms with Crippen LogP contribution in [0.1, 0.15) is 54.7 Å². The lowest BCUT2D eigenvalue weighted by Gasteiger charge is -2.03. The van der Waals surface area contributed by atoms with Gasteiger partial charge in [-0.1, -0.05) is 12.8 Å². The molecule has 0 saturated heterocycles. The minimum Gasteiger partial charge on any atom is -0.460 e. The van der Waals surface area contributed by atoms with Crippen LogP contribution >= 0.6 is 0 Å². The molecular weight excluding hydrogens is 218 g/mol. The fraction of sp³-hybridized carbons (Fsp3) is 0.692. The second-order valence-electron chi connectivity index (χ2n) is 4.60. The van der Waals surface area contributed by atoms with E-state index in [1.54, 1.807) is 13.8 Å². The summed E-state index contributed by atoms with van der Waals surface area (Å²) in [5.74, 6) is 1.20. The van der Waals surface area contributed by atoms with Crippen molar-refractivity contribution in [3.8, 4) is 0 Å². The first-order chi connectivity index (χ1) is 8.20. The summed E-state index contributed by atoms with van der Waals surface area (Å²) >= 11 is 0. The van der Waals surface area contributed by atoms with Gasteiger partial charge in [0.15, 0.2) is 5.89 Å². The number of esters is 1. The van der Waals surface area contributed by atoms with Crippen molar-refractivity contribution in [2.45, 2.75) is 46.0 Å². The van der Waals surface area contributed by atoms with Crippen LogP contribution in [0.25, 0.3) is 0 Å². The fourth-order valence-electron chi connectivity index (χ4n) is 2.39. The third-order valence-corrected chi connectivity index (χ3v) is 3.24. The Kier molecular flexibility index (Phi) is 3.82. The Bertz CT molecular complexity index is 391. The van der Waals surface area contributed by atoms with Gasteiger partial charge >= 0.3 is 5.97 Å². The molecule has 1 aliphatic carbocycles. The number of hydrogen-bond donors (Lipinski definition) is 0. The molecule has 0 unspecified atom stereocenters. The van der Waals surface area contributed by atoms with E-state index in [4.69, 9.17) is 9.15 Å². The van der Waals surface area contributed by atoms with E-state index < -0.39 is 5.97 Å². The lowest BCUT2D eigenvalue weighted by atomic mass is 10.0. The number of oxazole rings is 1. The molecule has 0 atom stereocenters. The number of nitrogens with zero attached hydrogens (tertiary/aromatic N) is 1. The largest absolute Gasteiger partial charge is 0.460 e. The first kappa shape index (κ1) is 12.1. The van der Waals surface area contributed by atoms with Crippen molar-refractivity contribution in [3.63, 3.8) is 0 Å². The van der Waals surface area contributed by atoms with Gasteiger partial charge in [-0.05, 0) is 32.6 Å². The summed E-state index contributed by atoms with van der Waals surface area (Å²) in [5, 5.41) is 0. The van der Waals surface area contributed by atoms with Crippen LogP contribution in [0.15, 0.2) is 4.42 Å². The summed E-state index contributed by atoms with van der Waals surface area (Å²) in [7, 11) is 0. The molecule has 0 aliphatic heterocycles. The maximum absolute atomic E-state index is 11.6. The first-order valence-electron chi connectivity index (χ1n) is 6.34. The van der Waals surface area contributed by atoms with E-state index >= 15 is 0 Å². The van der Waals surface area contributed by atoms with Gasteiger partial charge in [0, 0.05) is 6.42 Å². The minimum absolute atomic E-state index is 0.264. The predicted octanol–water partition coefficient (Wildman–Crippen LogP) is 2.89. The Hall–Kier alpha value is -1.32. The Morgan fingerprint density at radius 2 is 2.18 bits per heavy atom. The van der Waals surface area contributed by atoms with Crippen LogP contribution in [0.3, 0.4) is 0 Å². The topological polar surface area (TPSA) is 52.3 Å². The van der Waals surface area contributed by atoms with Crippen LogP contribution in [0.5, 0.6) is 0 Å². The molecule has 0 aromatic carbocycles. The van der Waals surface area contributed by atoms with Gasteiger partial charge < -0.3 is 9.15 Å². The quantitative estimate of drug-likeness (QED) is 0.755. The monoisotopic (exact) mass is 237 g/mol. The molecular formula is C13H19NO3. The van der Waals surface area contributed by atoms with Crippen molar-refractivity contribution in [3.05, 3.63) is 17.3 Å². The SMILES string of the molecule is CCOC(=O)c1oc(CC2CCCC2)nc1C. The van der Waals surface area contributed by atoms with Gasteiger partial charge in [0.25, 0.3) is 0 Å². The summed E-state index contributed by atoms with van der Waals surface area (Å²) < 4.78 is 10.4. The second-order valence-corrected chi connectivity index (χ2v) is 4.60. The predicted molar refractivity (Wildman–Crippen MR) is 62.9 cm³/mol. The molecule has 0 bridgehead atoms. The normalized spacial score (nSPS) is 16.4. The van der Waals surface area contributed by atoms with Crippen LogP contribution in [0, 0.1) is 12.8 Å². The molecule has 1 aromatic heterocycles. The average molecular weight is 237 g/mol. The molecule has 2 rings (SSSR count). The number of hydrogen-bond acceptors (Lipinski definition) is 4. The third kappa shape index (κ3) is 2.87. The van der Waals surface area contributed by atoms with Crippen molar-refractivity contribution in [2.75, 3.05) is 6.61 Å². The van der Waals surface area contributed by atoms with E-state index in [0.717, 1.165) is 6.42 Å². The molecule has 17 heavy (non-hydrogen) atoms. The number of carbonyl (C=O) groups is 1. The summed E-state index contributed by atoms with van der Waals surface area (Å²) in [6.07, 6.45) is 5.94. The van der Waals surface area contributed by atoms with Crippen LogP contribution in [-0.4, -0.2) is 17.6 Å². The Morgan fingerprint density at radius 1 is 1.47 bits per heavy atom. The highest BCUT2D eigenvalue weighted by molar-refractivity contribution is 5.87. The lowest BCUT2D eigenvalue weighted by Crippen LogP contribution is -2.04. The lowest BCUT2D eigenvalue weighted by molar-refractivity contribution is 0.0486. The molecule has 1 aromatic rings. The number of aromatic nitrogens is 1. The molecule has 1 aliphatic rings. The van der Waals surface area contributed by atoms with E-state index in [-0.39, 0.29) is 5.76 Å². The Balaban J connectivity index is 2.04. The number of carbonyl (C=O) groups excluding carboxylic acids is 1. The zero-order chi connectivity index (χ0) is 12.3. The van der Waals surface area contributed by atoms with Crippen molar-refractivity contribution < 1.29 is 13.9 Å². The van der Waals surface area contributed by atoms with Crippen LogP contribution < -0.4 is 0 Å². The van der Waals surface area contributed by atoms with E-state index in [1.807, 2.05) is 0 Å². The van der Waals surface area contributed by atoms with Gasteiger partial charge in [-0.15, -0.1) is 0 Å². The summed E-state index contributed by atoms with van der Waals surface area (Å²) in [4.78, 5) is 15.9. The van der Waals surface area contributed by atoms with Gasteiger partial charge in [0.05, 0.1) is 12.3 Å². The highest BCUT2D eigenvalue weighted by Gasteiger charge is 2.22. The van der Waals surface area contributed by atoms with Crippen molar-refractivity contribution in [1.29, 1.82) is 0 Å². The van der Waals surface area contributed by atoms with Crippen LogP contribution in [0.4, 0.5) is 0 Å². The Labute approximate surface area is 101 Å². The zero-order valence-electron chi connectivity index (χ0n) is 10.5. The Morgan fingerprint density at radius 3 is 2.82 bits per heavy atom. The molecule has 1 fully saturated rings. The standard InChI is InChI=1S/C13H19NO3/c1-3-16-13(15)12-9(2)14-11(17-12)8-10-6-4-5-7-10/h10H,3-8H2,1-2H3. The van der Waals surface area contributed by atoms with Gasteiger partial charge in [0.1, 0.15) is 0 Å². The summed E-state index contributed by atoms with van der Waals surface area (Å²) in [6, 6.07) is 0.